The number of hydrazone groups is 1. The highest BCUT2D eigenvalue weighted by Crippen LogP contribution is 2.34. The van der Waals surface area contributed by atoms with Crippen LogP contribution in [0, 0.1) is 5.82 Å². The van der Waals surface area contributed by atoms with Gasteiger partial charge < -0.3 is 9.84 Å². The van der Waals surface area contributed by atoms with E-state index in [0.29, 0.717) is 10.0 Å². The summed E-state index contributed by atoms with van der Waals surface area (Å²) in [5.74, 6) is -1.05. The van der Waals surface area contributed by atoms with Crippen LogP contribution in [0.1, 0.15) is 15.9 Å². The number of hydrogen-bond acceptors (Lipinski definition) is 4. The van der Waals surface area contributed by atoms with Crippen LogP contribution in [0.3, 0.4) is 0 Å². The number of carbonyl (C=O) groups is 1. The van der Waals surface area contributed by atoms with Crippen LogP contribution >= 0.6 is 15.9 Å². The molecule has 1 amide bonds. The summed E-state index contributed by atoms with van der Waals surface area (Å²) in [7, 11) is 1.42. The Morgan fingerprint density at radius 3 is 2.82 bits per heavy atom. The summed E-state index contributed by atoms with van der Waals surface area (Å²) in [6.45, 7) is 0. The smallest absolute Gasteiger partial charge is 0.274 e. The summed E-state index contributed by atoms with van der Waals surface area (Å²) in [5.41, 5.74) is 2.72. The van der Waals surface area contributed by atoms with Crippen LogP contribution in [0.4, 0.5) is 4.39 Å². The van der Waals surface area contributed by atoms with Gasteiger partial charge in [-0.1, -0.05) is 12.1 Å². The number of ether oxygens (including phenoxy) is 1. The second-order valence-corrected chi connectivity index (χ2v) is 5.09. The Morgan fingerprint density at radius 2 is 2.14 bits per heavy atom. The maximum atomic E-state index is 13.4. The molecular formula is C15H12BrFN2O3. The number of rotatable bonds is 4. The quantitative estimate of drug-likeness (QED) is 0.645. The van der Waals surface area contributed by atoms with E-state index in [0.717, 1.165) is 0 Å². The van der Waals surface area contributed by atoms with Gasteiger partial charge in [0.25, 0.3) is 5.91 Å². The maximum absolute atomic E-state index is 13.4. The zero-order valence-electron chi connectivity index (χ0n) is 11.5. The molecule has 0 spiro atoms. The molecule has 0 aromatic heterocycles. The van der Waals surface area contributed by atoms with Gasteiger partial charge in [0.2, 0.25) is 0 Å². The number of halogens is 2. The molecule has 0 aliphatic heterocycles. The molecule has 0 saturated heterocycles. The lowest BCUT2D eigenvalue weighted by molar-refractivity contribution is 0.0951. The van der Waals surface area contributed by atoms with Crippen molar-refractivity contribution in [2.75, 3.05) is 7.11 Å². The summed E-state index contributed by atoms with van der Waals surface area (Å²) >= 11 is 3.18. The third kappa shape index (κ3) is 3.62. The first-order valence-electron chi connectivity index (χ1n) is 6.17. The van der Waals surface area contributed by atoms with Crippen LogP contribution in [0.5, 0.6) is 11.5 Å². The lowest BCUT2D eigenvalue weighted by Gasteiger charge is -2.06. The second-order valence-electron chi connectivity index (χ2n) is 4.23. The van der Waals surface area contributed by atoms with Crippen molar-refractivity contribution >= 4 is 28.1 Å². The van der Waals surface area contributed by atoms with Crippen LogP contribution < -0.4 is 10.2 Å². The first-order chi connectivity index (χ1) is 10.5. The van der Waals surface area contributed by atoms with Crippen LogP contribution in [0.25, 0.3) is 0 Å². The molecular weight excluding hydrogens is 355 g/mol. The fourth-order valence-corrected chi connectivity index (χ4v) is 2.15. The van der Waals surface area contributed by atoms with Crippen molar-refractivity contribution in [3.8, 4) is 11.5 Å². The summed E-state index contributed by atoms with van der Waals surface area (Å²) in [6.07, 6.45) is 1.35. The number of phenols is 1. The highest BCUT2D eigenvalue weighted by atomic mass is 79.9. The average Bonchev–Trinajstić information content (AvgIpc) is 2.50. The monoisotopic (exact) mass is 366 g/mol. The Morgan fingerprint density at radius 1 is 1.41 bits per heavy atom. The molecule has 0 saturated carbocycles. The van der Waals surface area contributed by atoms with Crippen LogP contribution in [-0.4, -0.2) is 24.3 Å². The molecule has 5 nitrogen and oxygen atoms in total. The summed E-state index contributed by atoms with van der Waals surface area (Å²) in [5, 5.41) is 13.4. The Balaban J connectivity index is 2.12. The summed E-state index contributed by atoms with van der Waals surface area (Å²) < 4.78 is 18.8. The van der Waals surface area contributed by atoms with Gasteiger partial charge in [0.05, 0.1) is 23.4 Å². The van der Waals surface area contributed by atoms with Gasteiger partial charge in [-0.15, -0.1) is 0 Å². The molecule has 0 heterocycles. The normalized spacial score (nSPS) is 10.7. The van der Waals surface area contributed by atoms with Crippen molar-refractivity contribution < 1.29 is 19.0 Å². The van der Waals surface area contributed by atoms with Gasteiger partial charge >= 0.3 is 0 Å². The van der Waals surface area contributed by atoms with Crippen LogP contribution in [0.2, 0.25) is 0 Å². The van der Waals surface area contributed by atoms with Crippen molar-refractivity contribution in [3.05, 3.63) is 57.8 Å². The second kappa shape index (κ2) is 7.04. The Bertz CT molecular complexity index is 735. The van der Waals surface area contributed by atoms with E-state index in [1.165, 1.54) is 31.5 Å². The lowest BCUT2D eigenvalue weighted by atomic mass is 10.2. The van der Waals surface area contributed by atoms with Crippen molar-refractivity contribution in [3.63, 3.8) is 0 Å². The number of nitrogens with zero attached hydrogens (tertiary/aromatic N) is 1. The Labute approximate surface area is 134 Å². The zero-order valence-corrected chi connectivity index (χ0v) is 13.1. The summed E-state index contributed by atoms with van der Waals surface area (Å²) in [6, 6.07) is 8.75. The fraction of sp³-hybridized carbons (Fsp3) is 0.0667. The van der Waals surface area contributed by atoms with Crippen molar-refractivity contribution in [2.45, 2.75) is 0 Å². The molecule has 2 aromatic carbocycles. The minimum absolute atomic E-state index is 0.0324. The van der Waals surface area contributed by atoms with Gasteiger partial charge in [0.1, 0.15) is 5.82 Å². The number of aromatic hydroxyl groups is 1. The molecule has 22 heavy (non-hydrogen) atoms. The molecule has 0 bridgehead atoms. The van der Waals surface area contributed by atoms with Gasteiger partial charge in [-0.3, -0.25) is 4.79 Å². The summed E-state index contributed by atoms with van der Waals surface area (Å²) in [4.78, 5) is 11.8. The molecule has 0 aliphatic rings. The maximum Gasteiger partial charge on any atom is 0.274 e. The first kappa shape index (κ1) is 16.0. The van der Waals surface area contributed by atoms with E-state index in [2.05, 4.69) is 26.5 Å². The molecule has 2 N–H and O–H groups in total. The number of benzene rings is 2. The van der Waals surface area contributed by atoms with E-state index < -0.39 is 11.7 Å². The largest absolute Gasteiger partial charge is 0.503 e. The number of carbonyl (C=O) groups excluding carboxylic acids is 1. The van der Waals surface area contributed by atoms with Gasteiger partial charge in [0.15, 0.2) is 11.5 Å². The molecule has 0 fully saturated rings. The average molecular weight is 367 g/mol. The van der Waals surface area contributed by atoms with Crippen LogP contribution in [-0.2, 0) is 0 Å². The number of amides is 1. The Hall–Kier alpha value is -2.41. The van der Waals surface area contributed by atoms with Crippen molar-refractivity contribution in [1.29, 1.82) is 0 Å². The predicted octanol–water partition coefficient (Wildman–Crippen LogP) is 3.07. The van der Waals surface area contributed by atoms with Gasteiger partial charge in [0, 0.05) is 0 Å². The lowest BCUT2D eigenvalue weighted by Crippen LogP contribution is -2.18. The minimum atomic E-state index is -0.654. The molecule has 7 heteroatoms. The van der Waals surface area contributed by atoms with Crippen molar-refractivity contribution in [2.24, 2.45) is 5.10 Å². The van der Waals surface area contributed by atoms with E-state index in [1.807, 2.05) is 0 Å². The molecule has 0 unspecified atom stereocenters. The SMILES string of the molecule is COc1cc(C=NNC(=O)c2ccccc2F)cc(Br)c1O. The number of phenolic OH excluding ortho intramolecular Hbond substituents is 1. The number of hydrogen-bond donors (Lipinski definition) is 2. The first-order valence-corrected chi connectivity index (χ1v) is 6.96. The number of nitrogens with one attached hydrogen (secondary N) is 1. The van der Waals surface area contributed by atoms with Gasteiger partial charge in [-0.25, -0.2) is 9.82 Å². The fourth-order valence-electron chi connectivity index (χ4n) is 1.69. The molecule has 0 aliphatic carbocycles. The molecule has 114 valence electrons. The van der Waals surface area contributed by atoms with E-state index in [1.54, 1.807) is 18.2 Å². The molecule has 0 atom stereocenters. The zero-order chi connectivity index (χ0) is 16.1. The molecule has 0 radical (unpaired) electrons. The third-order valence-corrected chi connectivity index (χ3v) is 3.37. The van der Waals surface area contributed by atoms with E-state index in [9.17, 15) is 14.3 Å². The standard InChI is InChI=1S/C15H12BrFN2O3/c1-22-13-7-9(6-11(16)14(13)20)8-18-19-15(21)10-4-2-3-5-12(10)17/h2-8,20H,1H3,(H,19,21). The van der Waals surface area contributed by atoms with Gasteiger partial charge in [-0.2, -0.15) is 5.10 Å². The number of methoxy groups -OCH3 is 1. The van der Waals surface area contributed by atoms with E-state index in [-0.39, 0.29) is 17.1 Å². The Kier molecular flexibility index (Phi) is 5.11. The van der Waals surface area contributed by atoms with Crippen LogP contribution in [0.15, 0.2) is 46.0 Å². The topological polar surface area (TPSA) is 70.9 Å². The van der Waals surface area contributed by atoms with E-state index >= 15 is 0 Å². The third-order valence-electron chi connectivity index (χ3n) is 2.77. The van der Waals surface area contributed by atoms with Crippen molar-refractivity contribution in [1.82, 2.24) is 5.43 Å². The highest BCUT2D eigenvalue weighted by Gasteiger charge is 2.10. The van der Waals surface area contributed by atoms with E-state index in [4.69, 9.17) is 4.74 Å². The van der Waals surface area contributed by atoms with Gasteiger partial charge in [-0.05, 0) is 45.8 Å². The molecule has 2 aromatic rings. The molecule has 2 rings (SSSR count). The minimum Gasteiger partial charge on any atom is -0.503 e. The predicted molar refractivity (Wildman–Crippen MR) is 83.8 cm³/mol. The highest BCUT2D eigenvalue weighted by molar-refractivity contribution is 9.10.